The molecule has 3 rings (SSSR count). The summed E-state index contributed by atoms with van der Waals surface area (Å²) in [6.45, 7) is 0. The van der Waals surface area contributed by atoms with Gasteiger partial charge in [-0.05, 0) is 28.8 Å². The average molecular weight is 406 g/mol. The summed E-state index contributed by atoms with van der Waals surface area (Å²) < 4.78 is 0. The van der Waals surface area contributed by atoms with Gasteiger partial charge in [0.1, 0.15) is 0 Å². The molecule has 0 spiro atoms. The summed E-state index contributed by atoms with van der Waals surface area (Å²) in [5.74, 6) is -6.13. The molecule has 0 saturated heterocycles. The van der Waals surface area contributed by atoms with E-state index in [0.717, 1.165) is 6.07 Å². The maximum absolute atomic E-state index is 12.1. The van der Waals surface area contributed by atoms with Crippen LogP contribution in [0.15, 0.2) is 60.7 Å². The molecule has 3 aromatic rings. The number of carbonyl (C=O) groups is 4. The molecule has 0 aliphatic carbocycles. The van der Waals surface area contributed by atoms with Crippen molar-refractivity contribution in [3.05, 3.63) is 82.9 Å². The van der Waals surface area contributed by atoms with E-state index in [2.05, 4.69) is 0 Å². The molecular formula is C22H14O8. The smallest absolute Gasteiger partial charge is 0.337 e. The molecule has 0 saturated carbocycles. The summed E-state index contributed by atoms with van der Waals surface area (Å²) in [5, 5.41) is 38.9. The highest BCUT2D eigenvalue weighted by atomic mass is 16.4. The Morgan fingerprint density at radius 2 is 1.07 bits per heavy atom. The molecule has 0 unspecified atom stereocenters. The van der Waals surface area contributed by atoms with Gasteiger partial charge in [0, 0.05) is 5.56 Å². The molecule has 0 bridgehead atoms. The second kappa shape index (κ2) is 7.88. The Kier molecular flexibility index (Phi) is 5.33. The molecule has 0 amide bonds. The minimum atomic E-state index is -1.65. The fraction of sp³-hybridized carbons (Fsp3) is 0. The molecule has 0 aliphatic heterocycles. The van der Waals surface area contributed by atoms with Crippen molar-refractivity contribution >= 4 is 23.9 Å². The second-order valence-corrected chi connectivity index (χ2v) is 6.23. The molecule has 0 fully saturated rings. The minimum absolute atomic E-state index is 0.105. The maximum atomic E-state index is 12.1. The van der Waals surface area contributed by atoms with E-state index in [-0.39, 0.29) is 27.8 Å². The van der Waals surface area contributed by atoms with Gasteiger partial charge in [0.15, 0.2) is 0 Å². The first-order valence-electron chi connectivity index (χ1n) is 8.53. The first-order chi connectivity index (χ1) is 14.2. The molecule has 8 heteroatoms. The number of hydrogen-bond acceptors (Lipinski definition) is 4. The lowest BCUT2D eigenvalue weighted by atomic mass is 9.84. The van der Waals surface area contributed by atoms with Crippen LogP contribution in [0.4, 0.5) is 0 Å². The van der Waals surface area contributed by atoms with Crippen LogP contribution < -0.4 is 0 Å². The molecule has 4 N–H and O–H groups in total. The van der Waals surface area contributed by atoms with Gasteiger partial charge < -0.3 is 20.4 Å². The standard InChI is InChI=1S/C22H14O8/c23-19(24)13-9-5-4-8-12(13)14-10-15(20(25)26)16(11-6-2-1-3-7-11)18(22(29)30)17(14)21(27)28/h1-10H,(H,23,24)(H,25,26)(H,27,28)(H,29,30). The highest BCUT2D eigenvalue weighted by Gasteiger charge is 2.31. The predicted octanol–water partition coefficient (Wildman–Crippen LogP) is 3.81. The van der Waals surface area contributed by atoms with Crippen molar-refractivity contribution in [2.75, 3.05) is 0 Å². The Hall–Kier alpha value is -4.46. The van der Waals surface area contributed by atoms with Crippen molar-refractivity contribution in [3.63, 3.8) is 0 Å². The lowest BCUT2D eigenvalue weighted by Gasteiger charge is -2.18. The van der Waals surface area contributed by atoms with E-state index in [1.807, 2.05) is 0 Å². The zero-order valence-electron chi connectivity index (χ0n) is 15.2. The molecule has 8 nitrogen and oxygen atoms in total. The number of carboxylic acid groups (broad SMARTS) is 4. The van der Waals surface area contributed by atoms with Gasteiger partial charge in [0.2, 0.25) is 0 Å². The van der Waals surface area contributed by atoms with E-state index in [1.54, 1.807) is 18.2 Å². The Morgan fingerprint density at radius 1 is 0.533 bits per heavy atom. The first kappa shape index (κ1) is 20.3. The molecule has 0 heterocycles. The minimum Gasteiger partial charge on any atom is -0.478 e. The van der Waals surface area contributed by atoms with E-state index in [4.69, 9.17) is 0 Å². The largest absolute Gasteiger partial charge is 0.478 e. The first-order valence-corrected chi connectivity index (χ1v) is 8.53. The van der Waals surface area contributed by atoms with Gasteiger partial charge in [-0.25, -0.2) is 19.2 Å². The van der Waals surface area contributed by atoms with Crippen LogP contribution in [0.5, 0.6) is 0 Å². The van der Waals surface area contributed by atoms with Gasteiger partial charge in [-0.1, -0.05) is 48.5 Å². The van der Waals surface area contributed by atoms with E-state index in [0.29, 0.717) is 0 Å². The summed E-state index contributed by atoms with van der Waals surface area (Å²) >= 11 is 0. The van der Waals surface area contributed by atoms with Crippen LogP contribution in [0, 0.1) is 0 Å². The van der Waals surface area contributed by atoms with E-state index in [1.165, 1.54) is 36.4 Å². The number of benzene rings is 3. The fourth-order valence-electron chi connectivity index (χ4n) is 3.31. The monoisotopic (exact) mass is 406 g/mol. The molecule has 0 radical (unpaired) electrons. The molecule has 0 aromatic heterocycles. The molecule has 0 aliphatic rings. The SMILES string of the molecule is O=C(O)c1ccccc1-c1cc(C(=O)O)c(-c2ccccc2)c(C(=O)O)c1C(=O)O. The number of rotatable bonds is 6. The van der Waals surface area contributed by atoms with Crippen molar-refractivity contribution < 1.29 is 39.6 Å². The van der Waals surface area contributed by atoms with Crippen LogP contribution in [0.2, 0.25) is 0 Å². The van der Waals surface area contributed by atoms with E-state index >= 15 is 0 Å². The van der Waals surface area contributed by atoms with Crippen LogP contribution in [0.3, 0.4) is 0 Å². The van der Waals surface area contributed by atoms with Crippen LogP contribution in [0.25, 0.3) is 22.3 Å². The van der Waals surface area contributed by atoms with Crippen molar-refractivity contribution in [2.24, 2.45) is 0 Å². The van der Waals surface area contributed by atoms with Crippen molar-refractivity contribution in [3.8, 4) is 22.3 Å². The quantitative estimate of drug-likeness (QED) is 0.483. The third kappa shape index (κ3) is 3.49. The lowest BCUT2D eigenvalue weighted by molar-refractivity contribution is 0.0651. The normalized spacial score (nSPS) is 10.4. The van der Waals surface area contributed by atoms with Gasteiger partial charge in [-0.15, -0.1) is 0 Å². The average Bonchev–Trinajstić information content (AvgIpc) is 2.72. The van der Waals surface area contributed by atoms with Gasteiger partial charge in [-0.2, -0.15) is 0 Å². The molecule has 150 valence electrons. The number of hydrogen-bond donors (Lipinski definition) is 4. The van der Waals surface area contributed by atoms with E-state index < -0.39 is 40.6 Å². The topological polar surface area (TPSA) is 149 Å². The highest BCUT2D eigenvalue weighted by molar-refractivity contribution is 6.15. The van der Waals surface area contributed by atoms with Crippen LogP contribution in [-0.4, -0.2) is 44.3 Å². The zero-order valence-corrected chi connectivity index (χ0v) is 15.2. The van der Waals surface area contributed by atoms with Crippen LogP contribution in [-0.2, 0) is 0 Å². The Morgan fingerprint density at radius 3 is 1.60 bits per heavy atom. The zero-order chi connectivity index (χ0) is 22.0. The number of aromatic carboxylic acids is 4. The lowest BCUT2D eigenvalue weighted by Crippen LogP contribution is -2.16. The molecule has 30 heavy (non-hydrogen) atoms. The van der Waals surface area contributed by atoms with Crippen molar-refractivity contribution in [1.29, 1.82) is 0 Å². The summed E-state index contributed by atoms with van der Waals surface area (Å²) in [6, 6.07) is 14.1. The van der Waals surface area contributed by atoms with Gasteiger partial charge in [-0.3, -0.25) is 0 Å². The predicted molar refractivity (Wildman–Crippen MR) is 105 cm³/mol. The molecule has 3 aromatic carbocycles. The maximum Gasteiger partial charge on any atom is 0.337 e. The van der Waals surface area contributed by atoms with Crippen molar-refractivity contribution in [1.82, 2.24) is 0 Å². The van der Waals surface area contributed by atoms with Gasteiger partial charge in [0.25, 0.3) is 0 Å². The third-order valence-corrected chi connectivity index (χ3v) is 4.50. The van der Waals surface area contributed by atoms with Crippen LogP contribution in [0.1, 0.15) is 41.4 Å². The summed E-state index contributed by atoms with van der Waals surface area (Å²) in [4.78, 5) is 47.9. The summed E-state index contributed by atoms with van der Waals surface area (Å²) in [7, 11) is 0. The Bertz CT molecular complexity index is 1200. The number of carboxylic acids is 4. The van der Waals surface area contributed by atoms with Crippen molar-refractivity contribution in [2.45, 2.75) is 0 Å². The van der Waals surface area contributed by atoms with E-state index in [9.17, 15) is 39.6 Å². The Labute approximate surface area is 169 Å². The van der Waals surface area contributed by atoms with Crippen LogP contribution >= 0.6 is 0 Å². The highest BCUT2D eigenvalue weighted by Crippen LogP contribution is 2.38. The second-order valence-electron chi connectivity index (χ2n) is 6.23. The molecular weight excluding hydrogens is 392 g/mol. The summed E-state index contributed by atoms with van der Waals surface area (Å²) in [5.41, 5.74) is -2.66. The van der Waals surface area contributed by atoms with Gasteiger partial charge >= 0.3 is 23.9 Å². The summed E-state index contributed by atoms with van der Waals surface area (Å²) in [6.07, 6.45) is 0. The molecule has 0 atom stereocenters. The fourth-order valence-corrected chi connectivity index (χ4v) is 3.31. The van der Waals surface area contributed by atoms with Gasteiger partial charge in [0.05, 0.1) is 22.3 Å². The Balaban J connectivity index is 2.57. The third-order valence-electron chi connectivity index (χ3n) is 4.50.